The number of hydrogen-bond acceptors (Lipinski definition) is 3. The molecule has 0 aliphatic carbocycles. The maximum Gasteiger partial charge on any atom is 0.178 e. The second kappa shape index (κ2) is 8.21. The molecule has 2 aromatic heterocycles. The topological polar surface area (TPSA) is 50.8 Å². The van der Waals surface area contributed by atoms with E-state index in [2.05, 4.69) is 57.4 Å². The van der Waals surface area contributed by atoms with Gasteiger partial charge in [0.2, 0.25) is 0 Å². The number of hydrogen-bond donors (Lipinski definition) is 1. The van der Waals surface area contributed by atoms with Gasteiger partial charge in [0.1, 0.15) is 11.6 Å². The molecule has 0 radical (unpaired) electrons. The van der Waals surface area contributed by atoms with Gasteiger partial charge in [0.25, 0.3) is 0 Å². The molecule has 0 aliphatic rings. The van der Waals surface area contributed by atoms with Gasteiger partial charge in [0.15, 0.2) is 5.65 Å². The van der Waals surface area contributed by atoms with Gasteiger partial charge >= 0.3 is 0 Å². The molecule has 4 nitrogen and oxygen atoms in total. The van der Waals surface area contributed by atoms with E-state index in [1.165, 1.54) is 5.56 Å². The van der Waals surface area contributed by atoms with Crippen molar-refractivity contribution < 1.29 is 4.74 Å². The average molecular weight is 391 g/mol. The summed E-state index contributed by atoms with van der Waals surface area (Å²) in [5, 5.41) is 0. The van der Waals surface area contributed by atoms with Crippen molar-refractivity contribution in [2.75, 3.05) is 6.61 Å². The summed E-state index contributed by atoms with van der Waals surface area (Å²) in [5.41, 5.74) is 6.08. The fourth-order valence-corrected chi connectivity index (χ4v) is 3.49. The lowest BCUT2D eigenvalue weighted by molar-refractivity contribution is 0.322. The van der Waals surface area contributed by atoms with Crippen molar-refractivity contribution in [3.05, 3.63) is 103 Å². The third kappa shape index (κ3) is 3.94. The van der Waals surface area contributed by atoms with E-state index in [1.807, 2.05) is 54.7 Å². The van der Waals surface area contributed by atoms with Crippen molar-refractivity contribution in [2.24, 2.45) is 0 Å². The lowest BCUT2D eigenvalue weighted by atomic mass is 10.1. The summed E-state index contributed by atoms with van der Waals surface area (Å²) in [6, 6.07) is 30.7. The summed E-state index contributed by atoms with van der Waals surface area (Å²) < 4.78 is 5.97. The van der Waals surface area contributed by atoms with Crippen LogP contribution in [0.25, 0.3) is 33.7 Å². The van der Waals surface area contributed by atoms with Crippen LogP contribution in [-0.2, 0) is 6.42 Å². The fourth-order valence-electron chi connectivity index (χ4n) is 3.49. The highest BCUT2D eigenvalue weighted by Crippen LogP contribution is 2.26. The minimum Gasteiger partial charge on any atom is -0.493 e. The van der Waals surface area contributed by atoms with Crippen molar-refractivity contribution in [1.82, 2.24) is 15.0 Å². The predicted octanol–water partition coefficient (Wildman–Crippen LogP) is 5.91. The maximum absolute atomic E-state index is 5.97. The van der Waals surface area contributed by atoms with Crippen LogP contribution < -0.4 is 4.74 Å². The van der Waals surface area contributed by atoms with E-state index in [0.29, 0.717) is 12.3 Å². The second-order valence-electron chi connectivity index (χ2n) is 7.16. The Morgan fingerprint density at radius 2 is 1.50 bits per heavy atom. The summed E-state index contributed by atoms with van der Waals surface area (Å²) in [5.74, 6) is 1.62. The van der Waals surface area contributed by atoms with Gasteiger partial charge < -0.3 is 9.72 Å². The Balaban J connectivity index is 1.35. The molecule has 0 amide bonds. The van der Waals surface area contributed by atoms with E-state index in [1.54, 1.807) is 0 Å². The number of rotatable bonds is 6. The van der Waals surface area contributed by atoms with Gasteiger partial charge in [0.05, 0.1) is 12.1 Å². The third-order valence-electron chi connectivity index (χ3n) is 5.05. The molecule has 0 bridgehead atoms. The zero-order valence-electron chi connectivity index (χ0n) is 16.5. The first kappa shape index (κ1) is 18.1. The highest BCUT2D eigenvalue weighted by atomic mass is 16.5. The number of aromatic amines is 1. The van der Waals surface area contributed by atoms with Gasteiger partial charge in [-0.05, 0) is 29.3 Å². The van der Waals surface area contributed by atoms with Crippen LogP contribution in [0.5, 0.6) is 5.75 Å². The smallest absolute Gasteiger partial charge is 0.178 e. The quantitative estimate of drug-likeness (QED) is 0.391. The Morgan fingerprint density at radius 1 is 0.733 bits per heavy atom. The molecule has 0 aliphatic heterocycles. The molecule has 0 fully saturated rings. The van der Waals surface area contributed by atoms with Gasteiger partial charge in [-0.15, -0.1) is 0 Å². The first-order chi connectivity index (χ1) is 14.8. The molecule has 0 atom stereocenters. The first-order valence-electron chi connectivity index (χ1n) is 10.0. The minimum atomic E-state index is 0.635. The Labute approximate surface area is 175 Å². The van der Waals surface area contributed by atoms with Crippen molar-refractivity contribution >= 4 is 11.2 Å². The summed E-state index contributed by atoms with van der Waals surface area (Å²) in [6.07, 6.45) is 2.74. The molecule has 0 spiro atoms. The Bertz CT molecular complexity index is 1260. The monoisotopic (exact) mass is 391 g/mol. The predicted molar refractivity (Wildman–Crippen MR) is 120 cm³/mol. The van der Waals surface area contributed by atoms with Crippen molar-refractivity contribution in [2.45, 2.75) is 6.42 Å². The highest BCUT2D eigenvalue weighted by molar-refractivity contribution is 5.81. The Kier molecular flexibility index (Phi) is 4.96. The van der Waals surface area contributed by atoms with E-state index in [0.717, 1.165) is 40.2 Å². The Morgan fingerprint density at radius 3 is 2.33 bits per heavy atom. The molecule has 2 heterocycles. The van der Waals surface area contributed by atoms with Gasteiger partial charge in [-0.25, -0.2) is 9.97 Å². The normalized spacial score (nSPS) is 10.9. The van der Waals surface area contributed by atoms with Crippen molar-refractivity contribution in [3.8, 4) is 28.3 Å². The number of fused-ring (bicyclic) bond motifs is 1. The lowest BCUT2D eigenvalue weighted by Gasteiger charge is -2.07. The molecule has 5 rings (SSSR count). The molecule has 1 N–H and O–H groups in total. The van der Waals surface area contributed by atoms with Gasteiger partial charge in [-0.1, -0.05) is 72.8 Å². The van der Waals surface area contributed by atoms with Crippen LogP contribution in [0, 0.1) is 0 Å². The number of imidazole rings is 1. The highest BCUT2D eigenvalue weighted by Gasteiger charge is 2.09. The summed E-state index contributed by atoms with van der Waals surface area (Å²) in [6.45, 7) is 0.635. The number of nitrogens with one attached hydrogen (secondary N) is 1. The molecule has 0 saturated carbocycles. The van der Waals surface area contributed by atoms with Crippen LogP contribution in [0.1, 0.15) is 5.56 Å². The minimum absolute atomic E-state index is 0.635. The second-order valence-corrected chi connectivity index (χ2v) is 7.16. The Hall–Kier alpha value is -3.92. The molecule has 3 aromatic carbocycles. The van der Waals surface area contributed by atoms with Crippen LogP contribution >= 0.6 is 0 Å². The summed E-state index contributed by atoms with van der Waals surface area (Å²) >= 11 is 0. The van der Waals surface area contributed by atoms with Gasteiger partial charge in [-0.3, -0.25) is 0 Å². The number of ether oxygens (including phenoxy) is 1. The van der Waals surface area contributed by atoms with E-state index in [-0.39, 0.29) is 0 Å². The number of H-pyrrole nitrogens is 1. The van der Waals surface area contributed by atoms with Crippen molar-refractivity contribution in [3.63, 3.8) is 0 Å². The number of benzene rings is 3. The molecule has 0 saturated heterocycles. The zero-order valence-corrected chi connectivity index (χ0v) is 16.5. The van der Waals surface area contributed by atoms with Crippen molar-refractivity contribution in [1.29, 1.82) is 0 Å². The van der Waals surface area contributed by atoms with Crippen LogP contribution in [-0.4, -0.2) is 21.6 Å². The molecular weight excluding hydrogens is 370 g/mol. The van der Waals surface area contributed by atoms with Crippen LogP contribution in [0.4, 0.5) is 0 Å². The van der Waals surface area contributed by atoms with Crippen LogP contribution in [0.2, 0.25) is 0 Å². The summed E-state index contributed by atoms with van der Waals surface area (Å²) in [4.78, 5) is 12.6. The van der Waals surface area contributed by atoms with E-state index >= 15 is 0 Å². The molecule has 146 valence electrons. The molecule has 30 heavy (non-hydrogen) atoms. The molecule has 5 aromatic rings. The van der Waals surface area contributed by atoms with E-state index in [9.17, 15) is 0 Å². The lowest BCUT2D eigenvalue weighted by Crippen LogP contribution is -2.01. The standard InChI is InChI=1S/C26H21N3O/c1-3-8-19(9-4-1)14-15-30-23-13-7-12-21(16-23)25-28-24-17-22(18-27-26(24)29-25)20-10-5-2-6-11-20/h1-13,16-18H,14-15H2,(H,27,28,29). The van der Waals surface area contributed by atoms with E-state index in [4.69, 9.17) is 4.74 Å². The molecular formula is C26H21N3O. The van der Waals surface area contributed by atoms with Crippen LogP contribution in [0.3, 0.4) is 0 Å². The number of aromatic nitrogens is 3. The first-order valence-corrected chi connectivity index (χ1v) is 10.0. The van der Waals surface area contributed by atoms with Gasteiger partial charge in [-0.2, -0.15) is 0 Å². The van der Waals surface area contributed by atoms with E-state index < -0.39 is 0 Å². The zero-order chi connectivity index (χ0) is 20.2. The fraction of sp³-hybridized carbons (Fsp3) is 0.0769. The summed E-state index contributed by atoms with van der Waals surface area (Å²) in [7, 11) is 0. The maximum atomic E-state index is 5.97. The van der Waals surface area contributed by atoms with Crippen LogP contribution in [0.15, 0.2) is 97.2 Å². The molecule has 4 heteroatoms. The van der Waals surface area contributed by atoms with Gasteiger partial charge in [0, 0.05) is 23.7 Å². The average Bonchev–Trinajstić information content (AvgIpc) is 3.24. The third-order valence-corrected chi connectivity index (χ3v) is 5.05. The number of nitrogens with zero attached hydrogens (tertiary/aromatic N) is 2. The largest absolute Gasteiger partial charge is 0.493 e. The number of pyridine rings is 1. The molecule has 0 unspecified atom stereocenters. The SMILES string of the molecule is c1ccc(CCOc2cccc(-c3nc4ncc(-c5ccccc5)cc4[nH]3)c2)cc1.